The number of carbonyl (C=O) groups excluding carboxylic acids is 2. The normalized spacial score (nSPS) is 10.2. The summed E-state index contributed by atoms with van der Waals surface area (Å²) in [7, 11) is 0. The average Bonchev–Trinajstić information content (AvgIpc) is 2.92. The van der Waals surface area contributed by atoms with Crippen molar-refractivity contribution < 1.29 is 23.6 Å². The van der Waals surface area contributed by atoms with Crippen molar-refractivity contribution in [1.82, 2.24) is 0 Å². The standard InChI is InChI=1S/C14H11FN2O5S/c1-2-22-14(19)10-7-11(17(20)21)23-13(10)16-12(18)8-3-5-9(15)6-4-8/h3-7H,2H2,1H3,(H,16,18). The summed E-state index contributed by atoms with van der Waals surface area (Å²) in [5.74, 6) is -1.89. The number of anilines is 1. The average molecular weight is 338 g/mol. The molecule has 0 bridgehead atoms. The number of nitro groups is 1. The first-order valence-electron chi connectivity index (χ1n) is 6.44. The van der Waals surface area contributed by atoms with Gasteiger partial charge in [0.15, 0.2) is 0 Å². The van der Waals surface area contributed by atoms with E-state index in [4.69, 9.17) is 4.74 Å². The van der Waals surface area contributed by atoms with Gasteiger partial charge in [-0.05, 0) is 42.5 Å². The van der Waals surface area contributed by atoms with Crippen molar-refractivity contribution in [3.8, 4) is 0 Å². The van der Waals surface area contributed by atoms with Gasteiger partial charge in [0.1, 0.15) is 16.4 Å². The summed E-state index contributed by atoms with van der Waals surface area (Å²) < 4.78 is 17.7. The van der Waals surface area contributed by atoms with Crippen molar-refractivity contribution >= 4 is 33.2 Å². The third kappa shape index (κ3) is 3.89. The SMILES string of the molecule is CCOC(=O)c1cc([N+](=O)[O-])sc1NC(=O)c1ccc(F)cc1. The van der Waals surface area contributed by atoms with E-state index in [1.165, 1.54) is 12.1 Å². The van der Waals surface area contributed by atoms with Gasteiger partial charge in [-0.2, -0.15) is 0 Å². The molecule has 0 fully saturated rings. The first kappa shape index (κ1) is 16.6. The number of hydrogen-bond donors (Lipinski definition) is 1. The predicted molar refractivity (Wildman–Crippen MR) is 81.3 cm³/mol. The number of nitrogens with zero attached hydrogens (tertiary/aromatic N) is 1. The van der Waals surface area contributed by atoms with E-state index >= 15 is 0 Å². The summed E-state index contributed by atoms with van der Waals surface area (Å²) in [6, 6.07) is 5.78. The molecule has 1 amide bonds. The highest BCUT2D eigenvalue weighted by Gasteiger charge is 2.24. The van der Waals surface area contributed by atoms with Crippen molar-refractivity contribution in [1.29, 1.82) is 0 Å². The zero-order chi connectivity index (χ0) is 17.0. The smallest absolute Gasteiger partial charge is 0.341 e. The number of esters is 1. The van der Waals surface area contributed by atoms with Crippen LogP contribution in [0, 0.1) is 15.9 Å². The Bertz CT molecular complexity index is 757. The molecule has 2 rings (SSSR count). The maximum atomic E-state index is 12.9. The lowest BCUT2D eigenvalue weighted by atomic mass is 10.2. The lowest BCUT2D eigenvalue weighted by Crippen LogP contribution is -2.14. The molecule has 0 saturated heterocycles. The number of carbonyl (C=O) groups is 2. The molecular weight excluding hydrogens is 327 g/mol. The number of thiophene rings is 1. The number of nitrogens with one attached hydrogen (secondary N) is 1. The fourth-order valence-corrected chi connectivity index (χ4v) is 2.55. The lowest BCUT2D eigenvalue weighted by molar-refractivity contribution is -0.380. The Morgan fingerprint density at radius 1 is 1.35 bits per heavy atom. The zero-order valence-electron chi connectivity index (χ0n) is 11.9. The second-order valence-corrected chi connectivity index (χ2v) is 5.30. The Morgan fingerprint density at radius 3 is 2.57 bits per heavy atom. The van der Waals surface area contributed by atoms with Crippen molar-refractivity contribution in [2.45, 2.75) is 6.92 Å². The second-order valence-electron chi connectivity index (χ2n) is 4.27. The van der Waals surface area contributed by atoms with Crippen molar-refractivity contribution in [3.05, 3.63) is 57.4 Å². The molecule has 120 valence electrons. The molecule has 0 atom stereocenters. The third-order valence-electron chi connectivity index (χ3n) is 2.73. The Morgan fingerprint density at radius 2 is 2.00 bits per heavy atom. The second kappa shape index (κ2) is 6.97. The van der Waals surface area contributed by atoms with Gasteiger partial charge in [0.05, 0.1) is 11.5 Å². The number of rotatable bonds is 5. The van der Waals surface area contributed by atoms with Crippen LogP contribution in [0.4, 0.5) is 14.4 Å². The molecule has 0 aliphatic carbocycles. The van der Waals surface area contributed by atoms with Crippen molar-refractivity contribution in [2.75, 3.05) is 11.9 Å². The summed E-state index contributed by atoms with van der Waals surface area (Å²) in [5.41, 5.74) is 0.0521. The molecule has 1 N–H and O–H groups in total. The van der Waals surface area contributed by atoms with Crippen LogP contribution in [0.2, 0.25) is 0 Å². The van der Waals surface area contributed by atoms with E-state index in [0.29, 0.717) is 11.3 Å². The number of hydrogen-bond acceptors (Lipinski definition) is 6. The lowest BCUT2D eigenvalue weighted by Gasteiger charge is -2.05. The van der Waals surface area contributed by atoms with Gasteiger partial charge < -0.3 is 10.1 Å². The molecule has 9 heteroatoms. The molecule has 23 heavy (non-hydrogen) atoms. The van der Waals surface area contributed by atoms with Crippen LogP contribution in [0.25, 0.3) is 0 Å². The molecule has 0 aliphatic heterocycles. The van der Waals surface area contributed by atoms with Gasteiger partial charge in [-0.15, -0.1) is 0 Å². The fourth-order valence-electron chi connectivity index (χ4n) is 1.70. The maximum absolute atomic E-state index is 12.9. The van der Waals surface area contributed by atoms with Gasteiger partial charge in [-0.1, -0.05) is 0 Å². The summed E-state index contributed by atoms with van der Waals surface area (Å²) in [4.78, 5) is 34.1. The van der Waals surface area contributed by atoms with Gasteiger partial charge in [-0.3, -0.25) is 14.9 Å². The monoisotopic (exact) mass is 338 g/mol. The molecule has 0 saturated carbocycles. The molecule has 1 aromatic carbocycles. The van der Waals surface area contributed by atoms with E-state index in [2.05, 4.69) is 5.32 Å². The van der Waals surface area contributed by atoms with E-state index in [9.17, 15) is 24.1 Å². The Hall–Kier alpha value is -2.81. The topological polar surface area (TPSA) is 98.5 Å². The van der Waals surface area contributed by atoms with Crippen LogP contribution < -0.4 is 5.32 Å². The van der Waals surface area contributed by atoms with E-state index < -0.39 is 22.6 Å². The zero-order valence-corrected chi connectivity index (χ0v) is 12.7. The molecule has 1 heterocycles. The molecule has 2 aromatic rings. The van der Waals surface area contributed by atoms with Gasteiger partial charge >= 0.3 is 11.0 Å². The van der Waals surface area contributed by atoms with Crippen LogP contribution in [-0.2, 0) is 4.74 Å². The molecule has 0 spiro atoms. The van der Waals surface area contributed by atoms with Crippen LogP contribution in [0.1, 0.15) is 27.6 Å². The molecule has 0 radical (unpaired) electrons. The molecule has 0 unspecified atom stereocenters. The van der Waals surface area contributed by atoms with Crippen LogP contribution >= 0.6 is 11.3 Å². The predicted octanol–water partition coefficient (Wildman–Crippen LogP) is 3.22. The summed E-state index contributed by atoms with van der Waals surface area (Å²) >= 11 is 0.642. The van der Waals surface area contributed by atoms with Crippen LogP contribution in [-0.4, -0.2) is 23.4 Å². The minimum absolute atomic E-state index is 0.00414. The number of ether oxygens (including phenoxy) is 1. The third-order valence-corrected chi connectivity index (χ3v) is 3.73. The Kier molecular flexibility index (Phi) is 5.02. The molecule has 7 nitrogen and oxygen atoms in total. The van der Waals surface area contributed by atoms with Gasteiger partial charge in [0.2, 0.25) is 0 Å². The minimum Gasteiger partial charge on any atom is -0.462 e. The first-order chi connectivity index (χ1) is 10.9. The van der Waals surface area contributed by atoms with E-state index in [0.717, 1.165) is 18.2 Å². The highest BCUT2D eigenvalue weighted by Crippen LogP contribution is 2.34. The largest absolute Gasteiger partial charge is 0.462 e. The number of halogens is 1. The number of amides is 1. The minimum atomic E-state index is -0.772. The Balaban J connectivity index is 2.30. The van der Waals surface area contributed by atoms with Gasteiger partial charge in [0.25, 0.3) is 5.91 Å². The Labute approximate surface area is 133 Å². The van der Waals surface area contributed by atoms with Gasteiger partial charge in [0, 0.05) is 11.6 Å². The quantitative estimate of drug-likeness (QED) is 0.513. The summed E-state index contributed by atoms with van der Waals surface area (Å²) in [6.45, 7) is 1.68. The van der Waals surface area contributed by atoms with E-state index in [-0.39, 0.29) is 27.7 Å². The molecule has 0 aliphatic rings. The highest BCUT2D eigenvalue weighted by molar-refractivity contribution is 7.19. The number of benzene rings is 1. The molecular formula is C14H11FN2O5S. The maximum Gasteiger partial charge on any atom is 0.341 e. The van der Waals surface area contributed by atoms with Crippen LogP contribution in [0.5, 0.6) is 0 Å². The van der Waals surface area contributed by atoms with E-state index in [1.54, 1.807) is 6.92 Å². The van der Waals surface area contributed by atoms with E-state index in [1.807, 2.05) is 0 Å². The summed E-state index contributed by atoms with van der Waals surface area (Å²) in [5, 5.41) is 13.0. The van der Waals surface area contributed by atoms with Crippen molar-refractivity contribution in [3.63, 3.8) is 0 Å². The first-order valence-corrected chi connectivity index (χ1v) is 7.26. The van der Waals surface area contributed by atoms with Crippen LogP contribution in [0.3, 0.4) is 0 Å². The molecule has 1 aromatic heterocycles. The highest BCUT2D eigenvalue weighted by atomic mass is 32.1. The fraction of sp³-hybridized carbons (Fsp3) is 0.143. The van der Waals surface area contributed by atoms with Gasteiger partial charge in [-0.25, -0.2) is 9.18 Å². The van der Waals surface area contributed by atoms with Crippen LogP contribution in [0.15, 0.2) is 30.3 Å². The summed E-state index contributed by atoms with van der Waals surface area (Å²) in [6.07, 6.45) is 0. The van der Waals surface area contributed by atoms with Crippen molar-refractivity contribution in [2.24, 2.45) is 0 Å².